The van der Waals surface area contributed by atoms with Gasteiger partial charge >= 0.3 is 0 Å². The molecule has 1 amide bonds. The number of carbonyl (C=O) groups is 1. The van der Waals surface area contributed by atoms with Crippen molar-refractivity contribution in [3.8, 4) is 5.75 Å². The Labute approximate surface area is 81.9 Å². The second-order valence-corrected chi connectivity index (χ2v) is 2.88. The highest BCUT2D eigenvalue weighted by atomic mass is 19.1. The van der Waals surface area contributed by atoms with Crippen molar-refractivity contribution in [2.24, 2.45) is 0 Å². The third-order valence-electron chi connectivity index (χ3n) is 1.76. The molecule has 1 aromatic carbocycles. The molecule has 0 saturated heterocycles. The van der Waals surface area contributed by atoms with Crippen LogP contribution in [0.1, 0.15) is 12.5 Å². The summed E-state index contributed by atoms with van der Waals surface area (Å²) in [4.78, 5) is 10.6. The monoisotopic (exact) mass is 197 g/mol. The lowest BCUT2D eigenvalue weighted by Crippen LogP contribution is -2.18. The van der Waals surface area contributed by atoms with Crippen molar-refractivity contribution in [1.29, 1.82) is 0 Å². The van der Waals surface area contributed by atoms with Gasteiger partial charge < -0.3 is 10.1 Å². The highest BCUT2D eigenvalue weighted by Gasteiger charge is 2.03. The topological polar surface area (TPSA) is 38.3 Å². The lowest BCUT2D eigenvalue weighted by molar-refractivity contribution is -0.119. The molecule has 1 rings (SSSR count). The molecular formula is C10H12FNO2. The van der Waals surface area contributed by atoms with Crippen LogP contribution in [0.5, 0.6) is 5.75 Å². The number of benzene rings is 1. The molecule has 0 saturated carbocycles. The number of ether oxygens (including phenoxy) is 1. The van der Waals surface area contributed by atoms with Crippen LogP contribution < -0.4 is 10.1 Å². The maximum absolute atomic E-state index is 13.1. The molecule has 0 atom stereocenters. The zero-order valence-electron chi connectivity index (χ0n) is 8.13. The van der Waals surface area contributed by atoms with Crippen LogP contribution in [0.25, 0.3) is 0 Å². The fourth-order valence-corrected chi connectivity index (χ4v) is 1.05. The first-order valence-corrected chi connectivity index (χ1v) is 4.20. The predicted molar refractivity (Wildman–Crippen MR) is 50.5 cm³/mol. The normalized spacial score (nSPS) is 9.64. The molecule has 1 aromatic rings. The molecule has 0 aliphatic carbocycles. The molecule has 3 nitrogen and oxygen atoms in total. The zero-order chi connectivity index (χ0) is 10.6. The number of rotatable bonds is 3. The summed E-state index contributed by atoms with van der Waals surface area (Å²) < 4.78 is 17.9. The van der Waals surface area contributed by atoms with E-state index >= 15 is 0 Å². The first-order valence-electron chi connectivity index (χ1n) is 4.20. The molecule has 0 spiro atoms. The average Bonchev–Trinajstić information content (AvgIpc) is 2.15. The van der Waals surface area contributed by atoms with Gasteiger partial charge in [-0.15, -0.1) is 0 Å². The fourth-order valence-electron chi connectivity index (χ4n) is 1.05. The van der Waals surface area contributed by atoms with Gasteiger partial charge in [0.2, 0.25) is 5.91 Å². The minimum atomic E-state index is -0.421. The van der Waals surface area contributed by atoms with Gasteiger partial charge in [0.05, 0.1) is 7.11 Å². The highest BCUT2D eigenvalue weighted by molar-refractivity contribution is 5.72. The second kappa shape index (κ2) is 4.60. The summed E-state index contributed by atoms with van der Waals surface area (Å²) in [6.45, 7) is 1.75. The number of halogens is 1. The molecule has 0 aliphatic heterocycles. The summed E-state index contributed by atoms with van der Waals surface area (Å²) in [7, 11) is 1.41. The van der Waals surface area contributed by atoms with E-state index in [0.29, 0.717) is 12.1 Å². The molecular weight excluding hydrogens is 185 g/mol. The van der Waals surface area contributed by atoms with E-state index in [-0.39, 0.29) is 11.7 Å². The Bertz CT molecular complexity index is 339. The SMILES string of the molecule is COc1ccc(CNC(C)=O)cc1F. The van der Waals surface area contributed by atoms with Gasteiger partial charge in [0.1, 0.15) is 0 Å². The Morgan fingerprint density at radius 1 is 1.57 bits per heavy atom. The van der Waals surface area contributed by atoms with Crippen LogP contribution in [0.2, 0.25) is 0 Å². The quantitative estimate of drug-likeness (QED) is 0.796. The van der Waals surface area contributed by atoms with Gasteiger partial charge in [0, 0.05) is 13.5 Å². The summed E-state index contributed by atoms with van der Waals surface area (Å²) >= 11 is 0. The van der Waals surface area contributed by atoms with Gasteiger partial charge in [0.15, 0.2) is 11.6 Å². The third kappa shape index (κ3) is 2.73. The van der Waals surface area contributed by atoms with E-state index in [2.05, 4.69) is 5.32 Å². The van der Waals surface area contributed by atoms with E-state index in [4.69, 9.17) is 4.74 Å². The molecule has 0 radical (unpaired) electrons. The molecule has 0 unspecified atom stereocenters. The molecule has 0 fully saturated rings. The van der Waals surface area contributed by atoms with Crippen LogP contribution in [0, 0.1) is 5.82 Å². The van der Waals surface area contributed by atoms with E-state index in [1.165, 1.54) is 26.2 Å². The Morgan fingerprint density at radius 2 is 2.29 bits per heavy atom. The first kappa shape index (κ1) is 10.5. The standard InChI is InChI=1S/C10H12FNO2/c1-7(13)12-6-8-3-4-10(14-2)9(11)5-8/h3-5H,6H2,1-2H3,(H,12,13). The number of nitrogens with one attached hydrogen (secondary N) is 1. The van der Waals surface area contributed by atoms with Crippen LogP contribution in [-0.4, -0.2) is 13.0 Å². The smallest absolute Gasteiger partial charge is 0.217 e. The van der Waals surface area contributed by atoms with Crippen LogP contribution in [-0.2, 0) is 11.3 Å². The van der Waals surface area contributed by atoms with Crippen molar-refractivity contribution in [3.05, 3.63) is 29.6 Å². The largest absolute Gasteiger partial charge is 0.494 e. The third-order valence-corrected chi connectivity index (χ3v) is 1.76. The Kier molecular flexibility index (Phi) is 3.45. The van der Waals surface area contributed by atoms with Crippen molar-refractivity contribution in [2.75, 3.05) is 7.11 Å². The Balaban J connectivity index is 2.71. The molecule has 0 aromatic heterocycles. The van der Waals surface area contributed by atoms with Crippen molar-refractivity contribution >= 4 is 5.91 Å². The molecule has 0 aliphatic rings. The van der Waals surface area contributed by atoms with Gasteiger partial charge in [-0.2, -0.15) is 0 Å². The van der Waals surface area contributed by atoms with E-state index in [0.717, 1.165) is 0 Å². The summed E-state index contributed by atoms with van der Waals surface area (Å²) in [6.07, 6.45) is 0. The maximum Gasteiger partial charge on any atom is 0.217 e. The van der Waals surface area contributed by atoms with Crippen LogP contribution in [0.15, 0.2) is 18.2 Å². The van der Waals surface area contributed by atoms with Crippen LogP contribution >= 0.6 is 0 Å². The van der Waals surface area contributed by atoms with Gasteiger partial charge in [-0.25, -0.2) is 4.39 Å². The van der Waals surface area contributed by atoms with E-state index in [1.54, 1.807) is 6.07 Å². The summed E-state index contributed by atoms with van der Waals surface area (Å²) in [5, 5.41) is 2.58. The van der Waals surface area contributed by atoms with Crippen LogP contribution in [0.3, 0.4) is 0 Å². The lowest BCUT2D eigenvalue weighted by Gasteiger charge is -2.05. The fraction of sp³-hybridized carbons (Fsp3) is 0.300. The molecule has 0 bridgehead atoms. The lowest BCUT2D eigenvalue weighted by atomic mass is 10.2. The van der Waals surface area contributed by atoms with E-state index in [9.17, 15) is 9.18 Å². The molecule has 14 heavy (non-hydrogen) atoms. The zero-order valence-corrected chi connectivity index (χ0v) is 8.13. The number of hydrogen-bond acceptors (Lipinski definition) is 2. The van der Waals surface area contributed by atoms with Gasteiger partial charge in [-0.05, 0) is 17.7 Å². The van der Waals surface area contributed by atoms with Crippen molar-refractivity contribution < 1.29 is 13.9 Å². The second-order valence-electron chi connectivity index (χ2n) is 2.88. The van der Waals surface area contributed by atoms with Gasteiger partial charge in [-0.3, -0.25) is 4.79 Å². The molecule has 1 N–H and O–H groups in total. The first-order chi connectivity index (χ1) is 6.63. The van der Waals surface area contributed by atoms with Crippen molar-refractivity contribution in [2.45, 2.75) is 13.5 Å². The average molecular weight is 197 g/mol. The number of amides is 1. The van der Waals surface area contributed by atoms with Gasteiger partial charge in [-0.1, -0.05) is 6.07 Å². The Morgan fingerprint density at radius 3 is 2.79 bits per heavy atom. The molecule has 76 valence electrons. The number of carbonyl (C=O) groups excluding carboxylic acids is 1. The number of methoxy groups -OCH3 is 1. The van der Waals surface area contributed by atoms with Crippen molar-refractivity contribution in [3.63, 3.8) is 0 Å². The van der Waals surface area contributed by atoms with E-state index in [1.807, 2.05) is 0 Å². The summed E-state index contributed by atoms with van der Waals surface area (Å²) in [5.41, 5.74) is 0.707. The highest BCUT2D eigenvalue weighted by Crippen LogP contribution is 2.17. The maximum atomic E-state index is 13.1. The van der Waals surface area contributed by atoms with E-state index < -0.39 is 5.82 Å². The Hall–Kier alpha value is -1.58. The molecule has 0 heterocycles. The van der Waals surface area contributed by atoms with Crippen molar-refractivity contribution in [1.82, 2.24) is 5.32 Å². The summed E-state index contributed by atoms with van der Waals surface area (Å²) in [5.74, 6) is -0.354. The number of hydrogen-bond donors (Lipinski definition) is 1. The summed E-state index contributed by atoms with van der Waals surface area (Å²) in [6, 6.07) is 4.58. The van der Waals surface area contributed by atoms with Crippen LogP contribution in [0.4, 0.5) is 4.39 Å². The molecule has 4 heteroatoms. The van der Waals surface area contributed by atoms with Gasteiger partial charge in [0.25, 0.3) is 0 Å². The predicted octanol–water partition coefficient (Wildman–Crippen LogP) is 1.47. The minimum Gasteiger partial charge on any atom is -0.494 e. The minimum absolute atomic E-state index is 0.138.